The Hall–Kier alpha value is -1.82. The number of hydrogen-bond acceptors (Lipinski definition) is 5. The minimum atomic E-state index is -0.411. The molecule has 6 nitrogen and oxygen atoms in total. The molecule has 1 fully saturated rings. The van der Waals surface area contributed by atoms with E-state index < -0.39 is 4.92 Å². The molecule has 2 rings (SSSR count). The number of nitro benzene ring substituents is 1. The first-order valence-corrected chi connectivity index (χ1v) is 7.28. The Bertz CT molecular complexity index is 507. The fourth-order valence-electron chi connectivity index (χ4n) is 2.89. The van der Waals surface area contributed by atoms with Gasteiger partial charge in [0.05, 0.1) is 23.8 Å². The van der Waals surface area contributed by atoms with Gasteiger partial charge in [-0.2, -0.15) is 0 Å². The van der Waals surface area contributed by atoms with E-state index in [0.717, 1.165) is 18.8 Å². The van der Waals surface area contributed by atoms with Crippen molar-refractivity contribution < 1.29 is 9.66 Å². The van der Waals surface area contributed by atoms with E-state index in [4.69, 9.17) is 4.74 Å². The molecule has 1 saturated heterocycles. The summed E-state index contributed by atoms with van der Waals surface area (Å²) in [4.78, 5) is 12.7. The van der Waals surface area contributed by atoms with Gasteiger partial charge in [0.15, 0.2) is 0 Å². The number of likely N-dealkylation sites (tertiary alicyclic amines) is 1. The number of rotatable bonds is 5. The maximum Gasteiger partial charge on any atom is 0.273 e. The minimum absolute atomic E-state index is 0.0439. The average molecular weight is 293 g/mol. The zero-order valence-electron chi connectivity index (χ0n) is 12.8. The van der Waals surface area contributed by atoms with E-state index in [-0.39, 0.29) is 5.69 Å². The van der Waals surface area contributed by atoms with Crippen LogP contribution in [0.5, 0.6) is 5.75 Å². The van der Waals surface area contributed by atoms with Gasteiger partial charge in [-0.1, -0.05) is 0 Å². The summed E-state index contributed by atoms with van der Waals surface area (Å²) >= 11 is 0. The van der Waals surface area contributed by atoms with Crippen molar-refractivity contribution in [2.45, 2.75) is 25.8 Å². The molecule has 1 aliphatic rings. The molecule has 2 unspecified atom stereocenters. The van der Waals surface area contributed by atoms with Gasteiger partial charge in [0, 0.05) is 18.7 Å². The van der Waals surface area contributed by atoms with E-state index in [1.54, 1.807) is 6.07 Å². The molecular formula is C15H23N3O3. The topological polar surface area (TPSA) is 67.6 Å². The van der Waals surface area contributed by atoms with Gasteiger partial charge in [0.1, 0.15) is 5.75 Å². The van der Waals surface area contributed by atoms with Crippen molar-refractivity contribution in [3.63, 3.8) is 0 Å². The van der Waals surface area contributed by atoms with Crippen molar-refractivity contribution in [1.82, 2.24) is 4.90 Å². The molecule has 0 aromatic heterocycles. The third-order valence-electron chi connectivity index (χ3n) is 4.15. The van der Waals surface area contributed by atoms with Gasteiger partial charge in [-0.15, -0.1) is 0 Å². The highest BCUT2D eigenvalue weighted by Crippen LogP contribution is 2.31. The number of anilines is 1. The van der Waals surface area contributed by atoms with Crippen LogP contribution in [-0.2, 0) is 0 Å². The van der Waals surface area contributed by atoms with Crippen LogP contribution in [-0.4, -0.2) is 43.1 Å². The molecule has 1 aromatic rings. The average Bonchev–Trinajstić information content (AvgIpc) is 2.47. The minimum Gasteiger partial charge on any atom is -0.494 e. The molecular weight excluding hydrogens is 270 g/mol. The Kier molecular flexibility index (Phi) is 5.01. The zero-order chi connectivity index (χ0) is 15.4. The number of piperidine rings is 1. The van der Waals surface area contributed by atoms with Crippen LogP contribution in [0, 0.1) is 16.0 Å². The van der Waals surface area contributed by atoms with Crippen molar-refractivity contribution in [2.75, 3.05) is 32.6 Å². The summed E-state index contributed by atoms with van der Waals surface area (Å²) in [5, 5.41) is 14.3. The van der Waals surface area contributed by atoms with E-state index >= 15 is 0 Å². The first-order chi connectivity index (χ1) is 10.0. The summed E-state index contributed by atoms with van der Waals surface area (Å²) in [5.74, 6) is 1.09. The van der Waals surface area contributed by atoms with Gasteiger partial charge in [-0.05, 0) is 45.3 Å². The van der Waals surface area contributed by atoms with Gasteiger partial charge in [0.2, 0.25) is 0 Å². The number of ether oxygens (including phenoxy) is 1. The van der Waals surface area contributed by atoms with Crippen LogP contribution in [0.15, 0.2) is 18.2 Å². The molecule has 0 spiro atoms. The summed E-state index contributed by atoms with van der Waals surface area (Å²) in [6.07, 6.45) is 2.42. The van der Waals surface area contributed by atoms with E-state index in [2.05, 4.69) is 24.2 Å². The highest BCUT2D eigenvalue weighted by atomic mass is 16.6. The molecule has 116 valence electrons. The lowest BCUT2D eigenvalue weighted by Gasteiger charge is -2.34. The first-order valence-electron chi connectivity index (χ1n) is 7.28. The number of benzene rings is 1. The number of nitro groups is 1. The molecule has 2 atom stereocenters. The fraction of sp³-hybridized carbons (Fsp3) is 0.600. The number of non-ortho nitro benzene ring substituents is 1. The summed E-state index contributed by atoms with van der Waals surface area (Å²) in [6.45, 7) is 4.39. The van der Waals surface area contributed by atoms with Crippen LogP contribution in [0.3, 0.4) is 0 Å². The van der Waals surface area contributed by atoms with E-state index in [1.165, 1.54) is 32.1 Å². The normalized spacial score (nSPS) is 20.8. The van der Waals surface area contributed by atoms with Gasteiger partial charge >= 0.3 is 0 Å². The van der Waals surface area contributed by atoms with Crippen molar-refractivity contribution >= 4 is 11.4 Å². The molecule has 1 N–H and O–H groups in total. The molecule has 21 heavy (non-hydrogen) atoms. The van der Waals surface area contributed by atoms with Crippen LogP contribution in [0.25, 0.3) is 0 Å². The van der Waals surface area contributed by atoms with Crippen molar-refractivity contribution in [2.24, 2.45) is 5.92 Å². The SMILES string of the molecule is COc1cc([N+](=O)[O-])ccc1NC(C)C1CCCN(C)C1. The molecule has 1 heterocycles. The Morgan fingerprint density at radius 1 is 1.52 bits per heavy atom. The van der Waals surface area contributed by atoms with Crippen LogP contribution in [0.2, 0.25) is 0 Å². The van der Waals surface area contributed by atoms with E-state index in [9.17, 15) is 10.1 Å². The lowest BCUT2D eigenvalue weighted by atomic mass is 9.91. The third kappa shape index (κ3) is 3.85. The molecule has 0 radical (unpaired) electrons. The largest absolute Gasteiger partial charge is 0.494 e. The summed E-state index contributed by atoms with van der Waals surface area (Å²) < 4.78 is 5.27. The lowest BCUT2D eigenvalue weighted by Crippen LogP contribution is -2.39. The predicted octanol–water partition coefficient (Wildman–Crippen LogP) is 2.75. The summed E-state index contributed by atoms with van der Waals surface area (Å²) in [6, 6.07) is 4.98. The smallest absolute Gasteiger partial charge is 0.273 e. The highest BCUT2D eigenvalue weighted by molar-refractivity contribution is 5.61. The van der Waals surface area contributed by atoms with Crippen molar-refractivity contribution in [3.05, 3.63) is 28.3 Å². The van der Waals surface area contributed by atoms with Crippen LogP contribution in [0.4, 0.5) is 11.4 Å². The molecule has 0 amide bonds. The monoisotopic (exact) mass is 293 g/mol. The van der Waals surface area contributed by atoms with Gasteiger partial charge in [0.25, 0.3) is 5.69 Å². The number of nitrogens with zero attached hydrogens (tertiary/aromatic N) is 2. The Morgan fingerprint density at radius 2 is 2.29 bits per heavy atom. The molecule has 0 aliphatic carbocycles. The van der Waals surface area contributed by atoms with E-state index in [0.29, 0.717) is 17.7 Å². The third-order valence-corrected chi connectivity index (χ3v) is 4.15. The molecule has 0 saturated carbocycles. The van der Waals surface area contributed by atoms with E-state index in [1.807, 2.05) is 0 Å². The van der Waals surface area contributed by atoms with Gasteiger partial charge in [-0.3, -0.25) is 10.1 Å². The van der Waals surface area contributed by atoms with Crippen molar-refractivity contribution in [3.8, 4) is 5.75 Å². The second-order valence-corrected chi connectivity index (χ2v) is 5.74. The van der Waals surface area contributed by atoms with Crippen molar-refractivity contribution in [1.29, 1.82) is 0 Å². The summed E-state index contributed by atoms with van der Waals surface area (Å²) in [5.41, 5.74) is 0.853. The highest BCUT2D eigenvalue weighted by Gasteiger charge is 2.23. The number of nitrogens with one attached hydrogen (secondary N) is 1. The van der Waals surface area contributed by atoms with Crippen LogP contribution >= 0.6 is 0 Å². The second-order valence-electron chi connectivity index (χ2n) is 5.74. The second kappa shape index (κ2) is 6.76. The Balaban J connectivity index is 2.09. The van der Waals surface area contributed by atoms with Crippen LogP contribution in [0.1, 0.15) is 19.8 Å². The first kappa shape index (κ1) is 15.6. The van der Waals surface area contributed by atoms with Gasteiger partial charge < -0.3 is 15.0 Å². The fourth-order valence-corrected chi connectivity index (χ4v) is 2.89. The lowest BCUT2D eigenvalue weighted by molar-refractivity contribution is -0.384. The number of methoxy groups -OCH3 is 1. The maximum absolute atomic E-state index is 10.8. The summed E-state index contributed by atoms with van der Waals surface area (Å²) in [7, 11) is 3.68. The predicted molar refractivity (Wildman–Crippen MR) is 83.0 cm³/mol. The quantitative estimate of drug-likeness (QED) is 0.668. The Labute approximate surface area is 125 Å². The van der Waals surface area contributed by atoms with Gasteiger partial charge in [-0.25, -0.2) is 0 Å². The molecule has 1 aromatic carbocycles. The molecule has 1 aliphatic heterocycles. The Morgan fingerprint density at radius 3 is 2.90 bits per heavy atom. The molecule has 0 bridgehead atoms. The zero-order valence-corrected chi connectivity index (χ0v) is 12.8. The van der Waals surface area contributed by atoms with Crippen LogP contribution < -0.4 is 10.1 Å². The maximum atomic E-state index is 10.8. The standard InChI is InChI=1S/C15H23N3O3/c1-11(12-5-4-8-17(2)10-12)16-14-7-6-13(18(19)20)9-15(14)21-3/h6-7,9,11-12,16H,4-5,8,10H2,1-3H3. The molecule has 6 heteroatoms. The number of hydrogen-bond donors (Lipinski definition) is 1.